The van der Waals surface area contributed by atoms with Gasteiger partial charge in [-0.15, -0.1) is 0 Å². The maximum Gasteiger partial charge on any atom is 0.00604 e. The SMILES string of the molecule is SC1CCC2CNCC12. The second-order valence-electron chi connectivity index (χ2n) is 3.23. The summed E-state index contributed by atoms with van der Waals surface area (Å²) >= 11 is 4.53. The average molecular weight is 143 g/mol. The van der Waals surface area contributed by atoms with Crippen molar-refractivity contribution in [3.63, 3.8) is 0 Å². The Hall–Kier alpha value is 0.310. The maximum absolute atomic E-state index is 4.53. The zero-order chi connectivity index (χ0) is 6.27. The summed E-state index contributed by atoms with van der Waals surface area (Å²) in [6, 6.07) is 0. The summed E-state index contributed by atoms with van der Waals surface area (Å²) in [7, 11) is 0. The fraction of sp³-hybridized carbons (Fsp3) is 1.00. The Morgan fingerprint density at radius 1 is 1.22 bits per heavy atom. The highest BCUT2D eigenvalue weighted by Gasteiger charge is 2.36. The molecule has 0 aromatic rings. The molecule has 2 aliphatic rings. The fourth-order valence-electron chi connectivity index (χ4n) is 2.12. The first-order valence-electron chi connectivity index (χ1n) is 3.76. The third-order valence-corrected chi connectivity index (χ3v) is 3.36. The second-order valence-corrected chi connectivity index (χ2v) is 3.89. The Labute approximate surface area is 61.6 Å². The highest BCUT2D eigenvalue weighted by molar-refractivity contribution is 7.81. The largest absolute Gasteiger partial charge is 0.316 e. The van der Waals surface area contributed by atoms with Gasteiger partial charge in [0.25, 0.3) is 0 Å². The van der Waals surface area contributed by atoms with E-state index in [1.807, 2.05) is 0 Å². The van der Waals surface area contributed by atoms with Crippen LogP contribution in [-0.4, -0.2) is 18.3 Å². The quantitative estimate of drug-likeness (QED) is 0.480. The summed E-state index contributed by atoms with van der Waals surface area (Å²) in [6.45, 7) is 2.47. The topological polar surface area (TPSA) is 12.0 Å². The van der Waals surface area contributed by atoms with Crippen LogP contribution < -0.4 is 5.32 Å². The molecule has 3 unspecified atom stereocenters. The van der Waals surface area contributed by atoms with Gasteiger partial charge < -0.3 is 5.32 Å². The molecule has 0 bridgehead atoms. The standard InChI is InChI=1S/C7H13NS/c9-7-2-1-5-3-8-4-6(5)7/h5-9H,1-4H2. The summed E-state index contributed by atoms with van der Waals surface area (Å²) in [5.74, 6) is 1.86. The molecule has 2 rings (SSSR count). The number of fused-ring (bicyclic) bond motifs is 1. The monoisotopic (exact) mass is 143 g/mol. The maximum atomic E-state index is 4.53. The van der Waals surface area contributed by atoms with Crippen LogP contribution in [0.5, 0.6) is 0 Å². The molecule has 0 amide bonds. The van der Waals surface area contributed by atoms with Crippen molar-refractivity contribution in [2.24, 2.45) is 11.8 Å². The lowest BCUT2D eigenvalue weighted by Crippen LogP contribution is -2.15. The van der Waals surface area contributed by atoms with Crippen LogP contribution in [0.25, 0.3) is 0 Å². The molecule has 9 heavy (non-hydrogen) atoms. The van der Waals surface area contributed by atoms with Gasteiger partial charge in [-0.3, -0.25) is 0 Å². The molecule has 3 atom stereocenters. The van der Waals surface area contributed by atoms with Gasteiger partial charge in [0.1, 0.15) is 0 Å². The van der Waals surface area contributed by atoms with Gasteiger partial charge in [0, 0.05) is 5.25 Å². The molecule has 0 spiro atoms. The van der Waals surface area contributed by atoms with Crippen LogP contribution >= 0.6 is 12.6 Å². The third-order valence-electron chi connectivity index (χ3n) is 2.72. The van der Waals surface area contributed by atoms with Crippen LogP contribution in [0.1, 0.15) is 12.8 Å². The molecule has 2 fully saturated rings. The van der Waals surface area contributed by atoms with Crippen molar-refractivity contribution in [1.29, 1.82) is 0 Å². The first kappa shape index (κ1) is 6.05. The van der Waals surface area contributed by atoms with E-state index >= 15 is 0 Å². The summed E-state index contributed by atoms with van der Waals surface area (Å²) < 4.78 is 0. The highest BCUT2D eigenvalue weighted by atomic mass is 32.1. The van der Waals surface area contributed by atoms with Crippen LogP contribution in [0.2, 0.25) is 0 Å². The molecular weight excluding hydrogens is 130 g/mol. The minimum Gasteiger partial charge on any atom is -0.316 e. The molecule has 1 heterocycles. The molecule has 1 saturated carbocycles. The molecule has 52 valence electrons. The Kier molecular flexibility index (Phi) is 1.46. The second kappa shape index (κ2) is 2.17. The van der Waals surface area contributed by atoms with Crippen molar-refractivity contribution < 1.29 is 0 Å². The first-order valence-corrected chi connectivity index (χ1v) is 4.28. The Morgan fingerprint density at radius 2 is 2.11 bits per heavy atom. The molecule has 1 nitrogen and oxygen atoms in total. The van der Waals surface area contributed by atoms with Crippen molar-refractivity contribution in [3.05, 3.63) is 0 Å². The van der Waals surface area contributed by atoms with Gasteiger partial charge in [0.2, 0.25) is 0 Å². The normalized spacial score (nSPS) is 49.7. The van der Waals surface area contributed by atoms with Gasteiger partial charge in [0.05, 0.1) is 0 Å². The van der Waals surface area contributed by atoms with E-state index in [1.54, 1.807) is 0 Å². The van der Waals surface area contributed by atoms with Gasteiger partial charge in [0.15, 0.2) is 0 Å². The molecule has 1 N–H and O–H groups in total. The number of thiol groups is 1. The van der Waals surface area contributed by atoms with Crippen LogP contribution in [0.15, 0.2) is 0 Å². The lowest BCUT2D eigenvalue weighted by Gasteiger charge is -2.09. The number of nitrogens with one attached hydrogen (secondary N) is 1. The van der Waals surface area contributed by atoms with Crippen molar-refractivity contribution in [2.75, 3.05) is 13.1 Å². The van der Waals surface area contributed by atoms with E-state index < -0.39 is 0 Å². The van der Waals surface area contributed by atoms with Crippen LogP contribution in [0.4, 0.5) is 0 Å². The van der Waals surface area contributed by atoms with E-state index in [0.29, 0.717) is 5.25 Å². The summed E-state index contributed by atoms with van der Waals surface area (Å²) in [6.07, 6.45) is 2.76. The van der Waals surface area contributed by atoms with Gasteiger partial charge >= 0.3 is 0 Å². The molecule has 1 aliphatic carbocycles. The fourth-order valence-corrected chi connectivity index (χ4v) is 2.62. The molecule has 2 heteroatoms. The van der Waals surface area contributed by atoms with E-state index in [-0.39, 0.29) is 0 Å². The average Bonchev–Trinajstić information content (AvgIpc) is 2.35. The van der Waals surface area contributed by atoms with Crippen molar-refractivity contribution in [2.45, 2.75) is 18.1 Å². The minimum absolute atomic E-state index is 0.699. The van der Waals surface area contributed by atoms with E-state index in [2.05, 4.69) is 17.9 Å². The van der Waals surface area contributed by atoms with E-state index in [1.165, 1.54) is 25.9 Å². The molecule has 0 radical (unpaired) electrons. The van der Waals surface area contributed by atoms with Gasteiger partial charge in [-0.05, 0) is 37.8 Å². The van der Waals surface area contributed by atoms with Gasteiger partial charge in [-0.1, -0.05) is 0 Å². The molecular formula is C7H13NS. The van der Waals surface area contributed by atoms with Crippen molar-refractivity contribution in [3.8, 4) is 0 Å². The number of hydrogen-bond acceptors (Lipinski definition) is 2. The summed E-state index contributed by atoms with van der Waals surface area (Å²) in [5, 5.41) is 4.10. The smallest absolute Gasteiger partial charge is 0.00604 e. The zero-order valence-corrected chi connectivity index (χ0v) is 6.40. The molecule has 0 aromatic heterocycles. The Balaban J connectivity index is 2.07. The van der Waals surface area contributed by atoms with E-state index in [0.717, 1.165) is 11.8 Å². The van der Waals surface area contributed by atoms with Crippen LogP contribution in [-0.2, 0) is 0 Å². The Bertz CT molecular complexity index is 115. The predicted octanol–water partition coefficient (Wildman–Crippen LogP) is 0.914. The number of rotatable bonds is 0. The lowest BCUT2D eigenvalue weighted by atomic mass is 10.0. The van der Waals surface area contributed by atoms with E-state index in [9.17, 15) is 0 Å². The van der Waals surface area contributed by atoms with Crippen molar-refractivity contribution in [1.82, 2.24) is 5.32 Å². The summed E-state index contributed by atoms with van der Waals surface area (Å²) in [4.78, 5) is 0. The zero-order valence-electron chi connectivity index (χ0n) is 5.51. The first-order chi connectivity index (χ1) is 4.38. The Morgan fingerprint density at radius 3 is 2.89 bits per heavy atom. The lowest BCUT2D eigenvalue weighted by molar-refractivity contribution is 0.501. The predicted molar refractivity (Wildman–Crippen MR) is 41.9 cm³/mol. The van der Waals surface area contributed by atoms with Crippen LogP contribution in [0, 0.1) is 11.8 Å². The van der Waals surface area contributed by atoms with Crippen molar-refractivity contribution >= 4 is 12.6 Å². The van der Waals surface area contributed by atoms with Crippen LogP contribution in [0.3, 0.4) is 0 Å². The van der Waals surface area contributed by atoms with E-state index in [4.69, 9.17) is 0 Å². The highest BCUT2D eigenvalue weighted by Crippen LogP contribution is 2.37. The minimum atomic E-state index is 0.699. The summed E-state index contributed by atoms with van der Waals surface area (Å²) in [5.41, 5.74) is 0. The van der Waals surface area contributed by atoms with Gasteiger partial charge in [-0.2, -0.15) is 12.6 Å². The number of hydrogen-bond donors (Lipinski definition) is 2. The third kappa shape index (κ3) is 0.887. The van der Waals surface area contributed by atoms with Gasteiger partial charge in [-0.25, -0.2) is 0 Å². The molecule has 0 aromatic carbocycles. The molecule has 1 aliphatic heterocycles. The molecule has 1 saturated heterocycles.